The fourth-order valence-electron chi connectivity index (χ4n) is 1.97. The van der Waals surface area contributed by atoms with Gasteiger partial charge in [0.25, 0.3) is 0 Å². The lowest BCUT2D eigenvalue weighted by Gasteiger charge is -2.26. The fraction of sp³-hybridized carbons (Fsp3) is 0.533. The van der Waals surface area contributed by atoms with Crippen LogP contribution in [0.15, 0.2) is 24.3 Å². The molecule has 0 aliphatic carbocycles. The zero-order valence-corrected chi connectivity index (χ0v) is 11.4. The van der Waals surface area contributed by atoms with Crippen molar-refractivity contribution in [2.75, 3.05) is 13.1 Å². The Morgan fingerprint density at radius 3 is 2.56 bits per heavy atom. The number of nitrogens with zero attached hydrogens (tertiary/aromatic N) is 1. The number of halogens is 1. The van der Waals surface area contributed by atoms with Crippen molar-refractivity contribution in [1.29, 1.82) is 0 Å². The summed E-state index contributed by atoms with van der Waals surface area (Å²) >= 11 is 0. The van der Waals surface area contributed by atoms with Crippen LogP contribution in [0.25, 0.3) is 0 Å². The molecule has 2 nitrogen and oxygen atoms in total. The second-order valence-corrected chi connectivity index (χ2v) is 4.63. The van der Waals surface area contributed by atoms with Crippen molar-refractivity contribution in [3.63, 3.8) is 0 Å². The third kappa shape index (κ3) is 4.22. The third-order valence-corrected chi connectivity index (χ3v) is 3.35. The van der Waals surface area contributed by atoms with E-state index in [0.717, 1.165) is 13.0 Å². The maximum Gasteiger partial charge on any atom is 0.151 e. The fourth-order valence-corrected chi connectivity index (χ4v) is 1.97. The Balaban J connectivity index is 2.58. The quantitative estimate of drug-likeness (QED) is 0.742. The summed E-state index contributed by atoms with van der Waals surface area (Å²) in [6, 6.07) is 6.86. The molecule has 0 N–H and O–H groups in total. The summed E-state index contributed by atoms with van der Waals surface area (Å²) in [5.74, 6) is -0.223. The molecule has 3 heteroatoms. The molecule has 0 aliphatic rings. The van der Waals surface area contributed by atoms with Gasteiger partial charge in [-0.2, -0.15) is 0 Å². The van der Waals surface area contributed by atoms with Crippen molar-refractivity contribution in [3.05, 3.63) is 35.6 Å². The lowest BCUT2D eigenvalue weighted by atomic mass is 10.1. The molecule has 0 heterocycles. The van der Waals surface area contributed by atoms with E-state index in [9.17, 15) is 9.18 Å². The molecule has 100 valence electrons. The van der Waals surface area contributed by atoms with Crippen molar-refractivity contribution in [2.45, 2.75) is 39.7 Å². The van der Waals surface area contributed by atoms with E-state index in [1.54, 1.807) is 18.2 Å². The van der Waals surface area contributed by atoms with Gasteiger partial charge in [0, 0.05) is 12.5 Å². The van der Waals surface area contributed by atoms with Gasteiger partial charge in [0.1, 0.15) is 5.82 Å². The molecular weight excluding hydrogens is 229 g/mol. The SMILES string of the molecule is CCC(C)N(CC)CC(=O)Cc1ccccc1F. The molecule has 0 fully saturated rings. The highest BCUT2D eigenvalue weighted by molar-refractivity contribution is 5.82. The van der Waals surface area contributed by atoms with Crippen LogP contribution >= 0.6 is 0 Å². The molecule has 1 rings (SSSR count). The normalized spacial score (nSPS) is 12.7. The Bertz CT molecular complexity index is 392. The average Bonchev–Trinajstić information content (AvgIpc) is 2.37. The molecule has 1 aromatic rings. The van der Waals surface area contributed by atoms with E-state index in [4.69, 9.17) is 0 Å². The minimum absolute atomic E-state index is 0.0715. The Labute approximate surface area is 109 Å². The molecule has 0 spiro atoms. The first-order valence-electron chi connectivity index (χ1n) is 6.57. The van der Waals surface area contributed by atoms with Gasteiger partial charge >= 0.3 is 0 Å². The van der Waals surface area contributed by atoms with E-state index in [2.05, 4.69) is 18.7 Å². The molecule has 0 saturated carbocycles. The van der Waals surface area contributed by atoms with E-state index >= 15 is 0 Å². The number of rotatable bonds is 7. The van der Waals surface area contributed by atoms with Crippen molar-refractivity contribution >= 4 is 5.78 Å². The van der Waals surface area contributed by atoms with Crippen LogP contribution in [0.4, 0.5) is 4.39 Å². The van der Waals surface area contributed by atoms with Crippen LogP contribution < -0.4 is 0 Å². The molecule has 0 amide bonds. The number of hydrogen-bond donors (Lipinski definition) is 0. The topological polar surface area (TPSA) is 20.3 Å². The maximum atomic E-state index is 13.4. The predicted molar refractivity (Wildman–Crippen MR) is 72.1 cm³/mol. The van der Waals surface area contributed by atoms with E-state index < -0.39 is 0 Å². The zero-order valence-electron chi connectivity index (χ0n) is 11.4. The van der Waals surface area contributed by atoms with Crippen LogP contribution in [0.5, 0.6) is 0 Å². The largest absolute Gasteiger partial charge is 0.298 e. The number of likely N-dealkylation sites (N-methyl/N-ethyl adjacent to an activating group) is 1. The highest BCUT2D eigenvalue weighted by Crippen LogP contribution is 2.09. The van der Waals surface area contributed by atoms with Gasteiger partial charge in [-0.25, -0.2) is 4.39 Å². The second-order valence-electron chi connectivity index (χ2n) is 4.63. The standard InChI is InChI=1S/C15H22FNO/c1-4-12(3)17(5-2)11-14(18)10-13-8-6-7-9-15(13)16/h6-9,12H,4-5,10-11H2,1-3H3. The zero-order chi connectivity index (χ0) is 13.5. The monoisotopic (exact) mass is 251 g/mol. The number of hydrogen-bond acceptors (Lipinski definition) is 2. The highest BCUT2D eigenvalue weighted by atomic mass is 19.1. The van der Waals surface area contributed by atoms with Gasteiger partial charge in [0.05, 0.1) is 6.54 Å². The molecule has 18 heavy (non-hydrogen) atoms. The van der Waals surface area contributed by atoms with Crippen molar-refractivity contribution in [2.24, 2.45) is 0 Å². The molecule has 0 bridgehead atoms. The summed E-state index contributed by atoms with van der Waals surface area (Å²) in [6.45, 7) is 7.51. The van der Waals surface area contributed by atoms with Crippen LogP contribution in [0, 0.1) is 5.82 Å². The molecule has 1 atom stereocenters. The lowest BCUT2D eigenvalue weighted by Crippen LogP contribution is -2.37. The van der Waals surface area contributed by atoms with Crippen LogP contribution in [0.2, 0.25) is 0 Å². The number of benzene rings is 1. The number of ketones is 1. The smallest absolute Gasteiger partial charge is 0.151 e. The van der Waals surface area contributed by atoms with Crippen molar-refractivity contribution < 1.29 is 9.18 Å². The predicted octanol–water partition coefficient (Wildman–Crippen LogP) is 3.06. The van der Waals surface area contributed by atoms with E-state index in [1.807, 2.05) is 6.92 Å². The van der Waals surface area contributed by atoms with Crippen LogP contribution in [-0.4, -0.2) is 29.8 Å². The first-order valence-corrected chi connectivity index (χ1v) is 6.57. The van der Waals surface area contributed by atoms with Gasteiger partial charge in [-0.3, -0.25) is 9.69 Å². The van der Waals surface area contributed by atoms with Crippen LogP contribution in [0.3, 0.4) is 0 Å². The minimum atomic E-state index is -0.294. The molecule has 1 unspecified atom stereocenters. The maximum absolute atomic E-state index is 13.4. The van der Waals surface area contributed by atoms with Gasteiger partial charge in [-0.05, 0) is 31.5 Å². The summed E-state index contributed by atoms with van der Waals surface area (Å²) in [5.41, 5.74) is 0.489. The molecule has 0 saturated heterocycles. The summed E-state index contributed by atoms with van der Waals surface area (Å²) < 4.78 is 13.4. The lowest BCUT2D eigenvalue weighted by molar-refractivity contribution is -0.120. The van der Waals surface area contributed by atoms with E-state index in [0.29, 0.717) is 18.2 Å². The van der Waals surface area contributed by atoms with Gasteiger partial charge in [0.15, 0.2) is 5.78 Å². The average molecular weight is 251 g/mol. The summed E-state index contributed by atoms with van der Waals surface area (Å²) in [7, 11) is 0. The number of Topliss-reactive ketones (excluding diaryl/α,β-unsaturated/α-hetero) is 1. The van der Waals surface area contributed by atoms with Crippen LogP contribution in [0.1, 0.15) is 32.8 Å². The Hall–Kier alpha value is -1.22. The third-order valence-electron chi connectivity index (χ3n) is 3.35. The first-order chi connectivity index (χ1) is 8.58. The van der Waals surface area contributed by atoms with Gasteiger partial charge in [-0.1, -0.05) is 32.0 Å². The van der Waals surface area contributed by atoms with Gasteiger partial charge in [-0.15, -0.1) is 0 Å². The van der Waals surface area contributed by atoms with Crippen molar-refractivity contribution in [3.8, 4) is 0 Å². The molecule has 0 radical (unpaired) electrons. The second kappa shape index (κ2) is 7.27. The summed E-state index contributed by atoms with van der Waals surface area (Å²) in [5, 5.41) is 0. The Morgan fingerprint density at radius 2 is 2.00 bits per heavy atom. The van der Waals surface area contributed by atoms with Crippen LogP contribution in [-0.2, 0) is 11.2 Å². The van der Waals surface area contributed by atoms with Gasteiger partial charge < -0.3 is 0 Å². The Morgan fingerprint density at radius 1 is 1.33 bits per heavy atom. The number of carbonyl (C=O) groups is 1. The van der Waals surface area contributed by atoms with E-state index in [1.165, 1.54) is 6.07 Å². The Kier molecular flexibility index (Phi) is 5.99. The van der Waals surface area contributed by atoms with Gasteiger partial charge in [0.2, 0.25) is 0 Å². The summed E-state index contributed by atoms with van der Waals surface area (Å²) in [4.78, 5) is 14.1. The highest BCUT2D eigenvalue weighted by Gasteiger charge is 2.15. The molecule has 0 aromatic heterocycles. The number of carbonyl (C=O) groups excluding carboxylic acids is 1. The summed E-state index contributed by atoms with van der Waals surface area (Å²) in [6.07, 6.45) is 1.19. The first kappa shape index (κ1) is 14.8. The molecular formula is C15H22FNO. The molecule has 1 aromatic carbocycles. The minimum Gasteiger partial charge on any atom is -0.298 e. The molecule has 0 aliphatic heterocycles. The van der Waals surface area contributed by atoms with Crippen molar-refractivity contribution in [1.82, 2.24) is 4.90 Å². The van der Waals surface area contributed by atoms with E-state index in [-0.39, 0.29) is 18.0 Å².